The van der Waals surface area contributed by atoms with Gasteiger partial charge in [0.05, 0.1) is 18.0 Å². The molecule has 3 heteroatoms. The normalized spacial score (nSPS) is 11.0. The Morgan fingerprint density at radius 2 is 1.45 bits per heavy atom. The smallest absolute Gasteiger partial charge is 0.224 e. The van der Waals surface area contributed by atoms with Crippen LogP contribution >= 0.6 is 0 Å². The highest BCUT2D eigenvalue weighted by molar-refractivity contribution is 5.99. The molecule has 0 spiro atoms. The highest BCUT2D eigenvalue weighted by Gasteiger charge is 2.10. The quantitative estimate of drug-likeness (QED) is 0.510. The number of fused-ring (bicyclic) bond motifs is 2. The molecule has 0 aliphatic carbocycles. The first-order valence-corrected chi connectivity index (χ1v) is 7.15. The van der Waals surface area contributed by atoms with Crippen molar-refractivity contribution in [1.82, 2.24) is 9.97 Å². The van der Waals surface area contributed by atoms with Gasteiger partial charge in [0.25, 0.3) is 0 Å². The van der Waals surface area contributed by atoms with Crippen LogP contribution in [0.1, 0.15) is 0 Å². The summed E-state index contributed by atoms with van der Waals surface area (Å²) in [5.41, 5.74) is 1.88. The van der Waals surface area contributed by atoms with Crippen LogP contribution in [-0.2, 0) is 0 Å². The maximum atomic E-state index is 5.49. The second-order valence-electron chi connectivity index (χ2n) is 5.14. The fraction of sp³-hybridized carbons (Fsp3) is 0.0526. The molecule has 0 aliphatic rings. The van der Waals surface area contributed by atoms with Crippen molar-refractivity contribution < 1.29 is 4.74 Å². The predicted molar refractivity (Wildman–Crippen MR) is 89.0 cm³/mol. The van der Waals surface area contributed by atoms with Crippen LogP contribution < -0.4 is 4.74 Å². The van der Waals surface area contributed by atoms with Gasteiger partial charge in [0.15, 0.2) is 5.82 Å². The van der Waals surface area contributed by atoms with E-state index in [1.165, 1.54) is 0 Å². The Hall–Kier alpha value is -2.94. The summed E-state index contributed by atoms with van der Waals surface area (Å²) in [6, 6.07) is 22.3. The predicted octanol–water partition coefficient (Wildman–Crippen LogP) is 4.46. The number of methoxy groups -OCH3 is 1. The molecule has 22 heavy (non-hydrogen) atoms. The zero-order valence-electron chi connectivity index (χ0n) is 12.2. The van der Waals surface area contributed by atoms with Crippen molar-refractivity contribution in [1.29, 1.82) is 0 Å². The molecule has 3 nitrogen and oxygen atoms in total. The highest BCUT2D eigenvalue weighted by Crippen LogP contribution is 2.29. The largest absolute Gasteiger partial charge is 0.480 e. The number of hydrogen-bond donors (Lipinski definition) is 0. The number of ether oxygens (including phenoxy) is 1. The Labute approximate surface area is 128 Å². The third-order valence-electron chi connectivity index (χ3n) is 3.75. The number of aromatic nitrogens is 2. The number of rotatable bonds is 2. The van der Waals surface area contributed by atoms with E-state index in [1.54, 1.807) is 7.11 Å². The van der Waals surface area contributed by atoms with Crippen LogP contribution in [0.25, 0.3) is 33.1 Å². The van der Waals surface area contributed by atoms with E-state index in [9.17, 15) is 0 Å². The van der Waals surface area contributed by atoms with Crippen LogP contribution in [0.15, 0.2) is 66.7 Å². The standard InChI is InChI=1S/C19H14N2O/c1-22-19-16-11-14-9-5-6-10-15(14)12-17(16)20-18(21-19)13-7-3-2-4-8-13/h2-12H,1H3. The molecule has 0 fully saturated rings. The van der Waals surface area contributed by atoms with Gasteiger partial charge in [0.1, 0.15) is 0 Å². The first kappa shape index (κ1) is 12.8. The zero-order valence-corrected chi connectivity index (χ0v) is 12.2. The van der Waals surface area contributed by atoms with Crippen molar-refractivity contribution in [3.63, 3.8) is 0 Å². The van der Waals surface area contributed by atoms with E-state index >= 15 is 0 Å². The first-order valence-electron chi connectivity index (χ1n) is 7.15. The van der Waals surface area contributed by atoms with Crippen molar-refractivity contribution in [3.8, 4) is 17.3 Å². The van der Waals surface area contributed by atoms with Crippen LogP contribution in [-0.4, -0.2) is 17.1 Å². The van der Waals surface area contributed by atoms with Gasteiger partial charge in [-0.2, -0.15) is 4.98 Å². The summed E-state index contributed by atoms with van der Waals surface area (Å²) in [6.45, 7) is 0. The number of hydrogen-bond acceptors (Lipinski definition) is 3. The van der Waals surface area contributed by atoms with Crippen molar-refractivity contribution >= 4 is 21.7 Å². The minimum atomic E-state index is 0.606. The van der Waals surface area contributed by atoms with Gasteiger partial charge in [0.2, 0.25) is 5.88 Å². The minimum Gasteiger partial charge on any atom is -0.480 e. The molecule has 0 unspecified atom stereocenters. The lowest BCUT2D eigenvalue weighted by atomic mass is 10.1. The van der Waals surface area contributed by atoms with Crippen LogP contribution in [0.4, 0.5) is 0 Å². The molecule has 0 N–H and O–H groups in total. The number of nitrogens with zero attached hydrogens (tertiary/aromatic N) is 2. The topological polar surface area (TPSA) is 35.0 Å². The van der Waals surface area contributed by atoms with E-state index in [-0.39, 0.29) is 0 Å². The third kappa shape index (κ3) is 2.07. The minimum absolute atomic E-state index is 0.606. The Bertz CT molecular complexity index is 965. The summed E-state index contributed by atoms with van der Waals surface area (Å²) >= 11 is 0. The van der Waals surface area contributed by atoms with Crippen molar-refractivity contribution in [2.75, 3.05) is 7.11 Å². The van der Waals surface area contributed by atoms with E-state index in [4.69, 9.17) is 9.72 Å². The fourth-order valence-electron chi connectivity index (χ4n) is 2.66. The van der Waals surface area contributed by atoms with E-state index < -0.39 is 0 Å². The summed E-state index contributed by atoms with van der Waals surface area (Å²) in [5, 5.41) is 3.25. The van der Waals surface area contributed by atoms with Gasteiger partial charge in [-0.05, 0) is 22.9 Å². The van der Waals surface area contributed by atoms with Crippen LogP contribution in [0.5, 0.6) is 5.88 Å². The van der Waals surface area contributed by atoms with Crippen LogP contribution in [0, 0.1) is 0 Å². The van der Waals surface area contributed by atoms with Gasteiger partial charge >= 0.3 is 0 Å². The highest BCUT2D eigenvalue weighted by atomic mass is 16.5. The van der Waals surface area contributed by atoms with Gasteiger partial charge in [0, 0.05) is 5.56 Å². The summed E-state index contributed by atoms with van der Waals surface area (Å²) < 4.78 is 5.49. The van der Waals surface area contributed by atoms with E-state index in [2.05, 4.69) is 29.2 Å². The Balaban J connectivity index is 2.04. The van der Waals surface area contributed by atoms with E-state index in [1.807, 2.05) is 42.5 Å². The summed E-state index contributed by atoms with van der Waals surface area (Å²) in [7, 11) is 1.64. The third-order valence-corrected chi connectivity index (χ3v) is 3.75. The van der Waals surface area contributed by atoms with Crippen LogP contribution in [0.2, 0.25) is 0 Å². The monoisotopic (exact) mass is 286 g/mol. The first-order chi connectivity index (χ1) is 10.8. The lowest BCUT2D eigenvalue weighted by molar-refractivity contribution is 0.403. The SMILES string of the molecule is COc1nc(-c2ccccc2)nc2cc3ccccc3cc12. The van der Waals surface area contributed by atoms with Gasteiger partial charge < -0.3 is 4.74 Å². The van der Waals surface area contributed by atoms with Crippen LogP contribution in [0.3, 0.4) is 0 Å². The molecule has 0 radical (unpaired) electrons. The van der Waals surface area contributed by atoms with Gasteiger partial charge in [-0.1, -0.05) is 54.6 Å². The molecule has 0 amide bonds. The molecule has 0 aliphatic heterocycles. The summed E-state index contributed by atoms with van der Waals surface area (Å²) in [5.74, 6) is 1.29. The lowest BCUT2D eigenvalue weighted by Crippen LogP contribution is -1.96. The van der Waals surface area contributed by atoms with E-state index in [0.29, 0.717) is 11.7 Å². The van der Waals surface area contributed by atoms with Crippen molar-refractivity contribution in [2.24, 2.45) is 0 Å². The molecule has 4 rings (SSSR count). The van der Waals surface area contributed by atoms with Gasteiger partial charge in [-0.25, -0.2) is 4.98 Å². The second kappa shape index (κ2) is 5.11. The molecular weight excluding hydrogens is 272 g/mol. The molecule has 0 atom stereocenters. The average molecular weight is 286 g/mol. The Morgan fingerprint density at radius 3 is 2.18 bits per heavy atom. The molecule has 0 saturated heterocycles. The van der Waals surface area contributed by atoms with Crippen molar-refractivity contribution in [3.05, 3.63) is 66.7 Å². The molecule has 1 heterocycles. The maximum absolute atomic E-state index is 5.49. The van der Waals surface area contributed by atoms with Crippen molar-refractivity contribution in [2.45, 2.75) is 0 Å². The fourth-order valence-corrected chi connectivity index (χ4v) is 2.66. The molecule has 4 aromatic rings. The van der Waals surface area contributed by atoms with Gasteiger partial charge in [-0.3, -0.25) is 0 Å². The molecular formula is C19H14N2O. The maximum Gasteiger partial charge on any atom is 0.224 e. The average Bonchev–Trinajstić information content (AvgIpc) is 2.59. The Morgan fingerprint density at radius 1 is 0.773 bits per heavy atom. The second-order valence-corrected chi connectivity index (χ2v) is 5.14. The van der Waals surface area contributed by atoms with Gasteiger partial charge in [-0.15, -0.1) is 0 Å². The van der Waals surface area contributed by atoms with E-state index in [0.717, 1.165) is 27.2 Å². The summed E-state index contributed by atoms with van der Waals surface area (Å²) in [6.07, 6.45) is 0. The Kier molecular flexibility index (Phi) is 2.97. The lowest BCUT2D eigenvalue weighted by Gasteiger charge is -2.09. The molecule has 0 bridgehead atoms. The summed E-state index contributed by atoms with van der Waals surface area (Å²) in [4.78, 5) is 9.28. The molecule has 3 aromatic carbocycles. The number of benzene rings is 3. The molecule has 106 valence electrons. The zero-order chi connectivity index (χ0) is 14.9. The molecule has 1 aromatic heterocycles. The molecule has 0 saturated carbocycles.